The molecular formula is C11H18NO10S2-. The maximum atomic E-state index is 10.5. The molecule has 6 atom stereocenters. The lowest BCUT2D eigenvalue weighted by Gasteiger charge is -2.39. The zero-order valence-electron chi connectivity index (χ0n) is 12.2. The summed E-state index contributed by atoms with van der Waals surface area (Å²) in [6.45, 7) is 2.65. The molecule has 0 aromatic rings. The summed E-state index contributed by atoms with van der Waals surface area (Å²) in [4.78, 5) is 0. The maximum Gasteiger partial charge on any atom is 0.284 e. The second-order valence-corrected chi connectivity index (χ2v) is 6.93. The molecule has 0 aromatic carbocycles. The SMILES string of the molecule is C=C[C@@H](O)C/C(=N\OS(=O)(=O)[O-])S[C@@H]1O[C@H](CO)[C@@H](O)[C@H](O)[C@H]1O. The Morgan fingerprint density at radius 3 is 2.50 bits per heavy atom. The monoisotopic (exact) mass is 388 g/mol. The van der Waals surface area contributed by atoms with Gasteiger partial charge in [-0.15, -0.1) is 6.58 Å². The van der Waals surface area contributed by atoms with Crippen molar-refractivity contribution >= 4 is 27.2 Å². The van der Waals surface area contributed by atoms with E-state index in [0.29, 0.717) is 11.8 Å². The van der Waals surface area contributed by atoms with Crippen LogP contribution in [-0.4, -0.2) is 86.1 Å². The smallest absolute Gasteiger partial charge is 0.284 e. The summed E-state index contributed by atoms with van der Waals surface area (Å²) in [6.07, 6.45) is -6.41. The highest BCUT2D eigenvalue weighted by Crippen LogP contribution is 2.30. The van der Waals surface area contributed by atoms with Crippen molar-refractivity contribution in [3.63, 3.8) is 0 Å². The van der Waals surface area contributed by atoms with Gasteiger partial charge in [-0.3, -0.25) is 4.28 Å². The molecule has 5 N–H and O–H groups in total. The lowest BCUT2D eigenvalue weighted by Crippen LogP contribution is -2.57. The van der Waals surface area contributed by atoms with Crippen molar-refractivity contribution in [1.29, 1.82) is 0 Å². The molecule has 24 heavy (non-hydrogen) atoms. The second-order valence-electron chi connectivity index (χ2n) is 4.79. The molecule has 0 radical (unpaired) electrons. The standard InChI is InChI=1S/C11H19NO10S2/c1-2-5(14)3-7(12-22-24(18,19)20)23-11-10(17)9(16)8(15)6(4-13)21-11/h2,5-6,8-11,13-17H,1,3-4H2,(H,18,19,20)/p-1/b12-7+/t5-,6-,8-,9+,10-,11+/m1/s1. The van der Waals surface area contributed by atoms with Crippen molar-refractivity contribution in [3.05, 3.63) is 12.7 Å². The first-order chi connectivity index (χ1) is 11.1. The van der Waals surface area contributed by atoms with Crippen LogP contribution in [0.2, 0.25) is 0 Å². The summed E-state index contributed by atoms with van der Waals surface area (Å²) >= 11 is 0.542. The molecule has 0 bridgehead atoms. The average molecular weight is 388 g/mol. The highest BCUT2D eigenvalue weighted by molar-refractivity contribution is 8.14. The van der Waals surface area contributed by atoms with E-state index in [1.165, 1.54) is 0 Å². The summed E-state index contributed by atoms with van der Waals surface area (Å²) < 4.78 is 40.4. The molecule has 11 nitrogen and oxygen atoms in total. The third-order valence-corrected chi connectivity index (χ3v) is 4.38. The van der Waals surface area contributed by atoms with E-state index in [1.54, 1.807) is 0 Å². The largest absolute Gasteiger partial charge is 0.714 e. The van der Waals surface area contributed by atoms with Gasteiger partial charge in [0.25, 0.3) is 10.4 Å². The Hall–Kier alpha value is -0.770. The van der Waals surface area contributed by atoms with Gasteiger partial charge in [-0.2, -0.15) is 8.42 Å². The molecule has 1 fully saturated rings. The zero-order chi connectivity index (χ0) is 18.5. The average Bonchev–Trinajstić information content (AvgIpc) is 2.52. The Labute approximate surface area is 142 Å². The van der Waals surface area contributed by atoms with Gasteiger partial charge < -0.3 is 34.8 Å². The van der Waals surface area contributed by atoms with Gasteiger partial charge in [0, 0.05) is 6.42 Å². The Balaban J connectivity index is 2.92. The number of ether oxygens (including phenoxy) is 1. The van der Waals surface area contributed by atoms with E-state index in [0.717, 1.165) is 6.08 Å². The highest BCUT2D eigenvalue weighted by Gasteiger charge is 2.44. The fourth-order valence-electron chi connectivity index (χ4n) is 1.76. The van der Waals surface area contributed by atoms with E-state index in [2.05, 4.69) is 16.0 Å². The fraction of sp³-hybridized carbons (Fsp3) is 0.727. The third-order valence-electron chi connectivity index (χ3n) is 2.99. The zero-order valence-corrected chi connectivity index (χ0v) is 13.8. The second kappa shape index (κ2) is 9.07. The molecule has 1 aliphatic heterocycles. The minimum atomic E-state index is -5.14. The van der Waals surface area contributed by atoms with Gasteiger partial charge in [0.05, 0.1) is 12.7 Å². The van der Waals surface area contributed by atoms with E-state index < -0.39 is 53.0 Å². The maximum absolute atomic E-state index is 10.5. The summed E-state index contributed by atoms with van der Waals surface area (Å²) in [5.74, 6) is 0. The van der Waals surface area contributed by atoms with Crippen molar-refractivity contribution < 1.29 is 47.5 Å². The number of nitrogens with zero attached hydrogens (tertiary/aromatic N) is 1. The molecule has 1 aliphatic rings. The molecule has 13 heteroatoms. The van der Waals surface area contributed by atoms with Crippen LogP contribution in [0.5, 0.6) is 0 Å². The lowest BCUT2D eigenvalue weighted by atomic mass is 10.0. The summed E-state index contributed by atoms with van der Waals surface area (Å²) in [7, 11) is -5.14. The number of thioether (sulfide) groups is 1. The molecule has 1 saturated heterocycles. The molecule has 0 aliphatic carbocycles. The predicted octanol–water partition coefficient (Wildman–Crippen LogP) is -2.75. The first-order valence-electron chi connectivity index (χ1n) is 6.58. The van der Waals surface area contributed by atoms with Gasteiger partial charge in [0.15, 0.2) is 0 Å². The Morgan fingerprint density at radius 1 is 1.38 bits per heavy atom. The number of hydrogen-bond donors (Lipinski definition) is 5. The van der Waals surface area contributed by atoms with Crippen LogP contribution in [0.1, 0.15) is 6.42 Å². The van der Waals surface area contributed by atoms with Crippen molar-refractivity contribution in [2.75, 3.05) is 6.61 Å². The van der Waals surface area contributed by atoms with Crippen molar-refractivity contribution in [2.45, 2.75) is 42.4 Å². The number of oxime groups is 1. The quantitative estimate of drug-likeness (QED) is 0.0759. The van der Waals surface area contributed by atoms with Gasteiger partial charge in [-0.25, -0.2) is 0 Å². The van der Waals surface area contributed by atoms with Crippen LogP contribution in [0.25, 0.3) is 0 Å². The predicted molar refractivity (Wildman–Crippen MR) is 80.4 cm³/mol. The summed E-state index contributed by atoms with van der Waals surface area (Å²) in [6, 6.07) is 0. The number of aliphatic hydroxyl groups is 5. The topological polar surface area (TPSA) is 189 Å². The van der Waals surface area contributed by atoms with Crippen molar-refractivity contribution in [3.8, 4) is 0 Å². The molecule has 1 heterocycles. The van der Waals surface area contributed by atoms with Gasteiger partial charge in [0.2, 0.25) is 0 Å². The van der Waals surface area contributed by atoms with Crippen LogP contribution in [0.4, 0.5) is 0 Å². The number of rotatable bonds is 7. The van der Waals surface area contributed by atoms with Crippen molar-refractivity contribution in [2.24, 2.45) is 5.16 Å². The molecular weight excluding hydrogens is 370 g/mol. The van der Waals surface area contributed by atoms with Crippen LogP contribution >= 0.6 is 11.8 Å². The van der Waals surface area contributed by atoms with Crippen LogP contribution in [0, 0.1) is 0 Å². The molecule has 0 amide bonds. The minimum Gasteiger partial charge on any atom is -0.714 e. The summed E-state index contributed by atoms with van der Waals surface area (Å²) in [5.41, 5.74) is -1.28. The van der Waals surface area contributed by atoms with Crippen LogP contribution < -0.4 is 0 Å². The van der Waals surface area contributed by atoms with Crippen molar-refractivity contribution in [1.82, 2.24) is 0 Å². The Kier molecular flexibility index (Phi) is 8.04. The van der Waals surface area contributed by atoms with Crippen LogP contribution in [0.15, 0.2) is 17.8 Å². The van der Waals surface area contributed by atoms with Gasteiger partial charge in [-0.05, 0) is 0 Å². The molecule has 0 saturated carbocycles. The van der Waals surface area contributed by atoms with Crippen LogP contribution in [-0.2, 0) is 19.4 Å². The van der Waals surface area contributed by atoms with E-state index in [9.17, 15) is 33.4 Å². The molecule has 0 spiro atoms. The fourth-order valence-corrected chi connectivity index (χ4v) is 3.10. The normalized spacial score (nSPS) is 33.1. The minimum absolute atomic E-state index is 0.258. The Bertz CT molecular complexity index is 551. The number of hydrogen-bond acceptors (Lipinski definition) is 12. The third kappa shape index (κ3) is 6.27. The molecule has 140 valence electrons. The van der Waals surface area contributed by atoms with E-state index in [4.69, 9.17) is 9.84 Å². The molecule has 0 aromatic heterocycles. The Morgan fingerprint density at radius 2 is 2.00 bits per heavy atom. The van der Waals surface area contributed by atoms with Gasteiger partial charge in [-0.1, -0.05) is 23.0 Å². The molecule has 0 unspecified atom stereocenters. The van der Waals surface area contributed by atoms with Gasteiger partial charge in [0.1, 0.15) is 34.9 Å². The highest BCUT2D eigenvalue weighted by atomic mass is 32.3. The van der Waals surface area contributed by atoms with E-state index in [-0.39, 0.29) is 11.5 Å². The number of aliphatic hydroxyl groups excluding tert-OH is 5. The van der Waals surface area contributed by atoms with E-state index >= 15 is 0 Å². The lowest BCUT2D eigenvalue weighted by molar-refractivity contribution is -0.205. The first-order valence-corrected chi connectivity index (χ1v) is 8.79. The molecule has 1 rings (SSSR count). The summed E-state index contributed by atoms with van der Waals surface area (Å²) in [5, 5.41) is 50.7. The first kappa shape index (κ1) is 21.3. The van der Waals surface area contributed by atoms with Gasteiger partial charge >= 0.3 is 0 Å². The van der Waals surface area contributed by atoms with E-state index in [1.807, 2.05) is 0 Å². The van der Waals surface area contributed by atoms with Crippen LogP contribution in [0.3, 0.4) is 0 Å².